The molecule has 280 valence electrons. The molecule has 14 nitrogen and oxygen atoms in total. The molecule has 8 heterocycles. The van der Waals surface area contributed by atoms with Gasteiger partial charge in [-0.15, -0.1) is 0 Å². The highest BCUT2D eigenvalue weighted by molar-refractivity contribution is 6.34. The van der Waals surface area contributed by atoms with E-state index in [1.165, 1.54) is 43.1 Å². The largest absolute Gasteiger partial charge is 0.352 e. The van der Waals surface area contributed by atoms with Gasteiger partial charge in [-0.05, 0) is 49.9 Å². The molecule has 0 unspecified atom stereocenters. The zero-order valence-corrected chi connectivity index (χ0v) is 32.0. The number of rotatable bonds is 7. The van der Waals surface area contributed by atoms with Gasteiger partial charge in [0.1, 0.15) is 11.0 Å². The van der Waals surface area contributed by atoms with Crippen molar-refractivity contribution in [3.8, 4) is 22.8 Å². The van der Waals surface area contributed by atoms with Gasteiger partial charge >= 0.3 is 0 Å². The Bertz CT molecular complexity index is 2240. The summed E-state index contributed by atoms with van der Waals surface area (Å²) in [5.41, 5.74) is 6.18. The summed E-state index contributed by atoms with van der Waals surface area (Å²) in [4.78, 5) is 45.3. The Kier molecular flexibility index (Phi) is 11.5. The molecule has 2 aliphatic carbocycles. The molecule has 2 aliphatic heterocycles. The summed E-state index contributed by atoms with van der Waals surface area (Å²) in [6, 6.07) is 8.30. The maximum Gasteiger partial charge on any atom is 0.223 e. The van der Waals surface area contributed by atoms with E-state index in [9.17, 15) is 0 Å². The van der Waals surface area contributed by atoms with E-state index in [1.807, 2.05) is 18.5 Å². The molecule has 0 radical (unpaired) electrons. The van der Waals surface area contributed by atoms with Crippen LogP contribution in [0.2, 0.25) is 15.2 Å². The maximum absolute atomic E-state index is 6.33. The molecule has 4 aliphatic rings. The summed E-state index contributed by atoms with van der Waals surface area (Å²) in [6.07, 6.45) is 20.6. The molecule has 10 rings (SSSR count). The standard InChI is InChI=1S/C19H18ClN7.C10H14N4.C9H5Cl2N3/c20-15-10-23-17(8-14(15)18-21-5-1-6-22-18)27-7-4-16-12(11-27)9-24-19(26-16)25-13-2-3-13;1-2-8(1)13-10-12-6-7-5-11-4-3-9(7)14-10;10-7-5-14-8(11)4-6(7)9-12-2-1-3-13-9/h1,5-6,8-10,13H,2-4,7,11H2,(H,24,25,26);6,8,11H,1-5H2,(H,12,13,14);1-5H. The Labute approximate surface area is 333 Å². The number of pyridine rings is 2. The highest BCUT2D eigenvalue weighted by atomic mass is 35.5. The maximum atomic E-state index is 6.33. The van der Waals surface area contributed by atoms with Crippen LogP contribution in [0.1, 0.15) is 48.2 Å². The van der Waals surface area contributed by atoms with Gasteiger partial charge < -0.3 is 20.9 Å². The van der Waals surface area contributed by atoms with Crippen molar-refractivity contribution in [2.24, 2.45) is 0 Å². The van der Waals surface area contributed by atoms with E-state index in [0.717, 1.165) is 73.6 Å². The van der Waals surface area contributed by atoms with E-state index in [0.29, 0.717) is 44.5 Å². The molecule has 3 N–H and O–H groups in total. The van der Waals surface area contributed by atoms with Crippen molar-refractivity contribution < 1.29 is 0 Å². The third-order valence-electron chi connectivity index (χ3n) is 9.16. The fraction of sp³-hybridized carbons (Fsp3) is 0.316. The van der Waals surface area contributed by atoms with Gasteiger partial charge in [0.25, 0.3) is 0 Å². The van der Waals surface area contributed by atoms with Crippen molar-refractivity contribution in [1.82, 2.24) is 55.2 Å². The van der Waals surface area contributed by atoms with Crippen LogP contribution in [-0.4, -0.2) is 75.0 Å². The smallest absolute Gasteiger partial charge is 0.223 e. The number of nitrogens with zero attached hydrogens (tertiary/aromatic N) is 11. The monoisotopic (exact) mass is 794 g/mol. The number of aromatic nitrogens is 10. The Morgan fingerprint density at radius 1 is 0.618 bits per heavy atom. The first-order valence-corrected chi connectivity index (χ1v) is 19.3. The van der Waals surface area contributed by atoms with E-state index in [4.69, 9.17) is 39.8 Å². The summed E-state index contributed by atoms with van der Waals surface area (Å²) in [7, 11) is 0. The average molecular weight is 796 g/mol. The summed E-state index contributed by atoms with van der Waals surface area (Å²) >= 11 is 18.0. The van der Waals surface area contributed by atoms with Gasteiger partial charge in [-0.25, -0.2) is 49.8 Å². The number of anilines is 3. The molecule has 2 fully saturated rings. The Balaban J connectivity index is 0.000000128. The van der Waals surface area contributed by atoms with Gasteiger partial charge in [0.15, 0.2) is 11.6 Å². The van der Waals surface area contributed by atoms with Crippen LogP contribution in [0, 0.1) is 0 Å². The minimum absolute atomic E-state index is 0.372. The highest BCUT2D eigenvalue weighted by Crippen LogP contribution is 2.31. The Morgan fingerprint density at radius 3 is 1.80 bits per heavy atom. The first-order valence-electron chi connectivity index (χ1n) is 18.1. The first-order chi connectivity index (χ1) is 26.9. The van der Waals surface area contributed by atoms with Crippen LogP contribution in [0.5, 0.6) is 0 Å². The van der Waals surface area contributed by atoms with Crippen molar-refractivity contribution in [3.05, 3.63) is 112 Å². The van der Waals surface area contributed by atoms with Crippen LogP contribution in [0.15, 0.2) is 73.8 Å². The lowest BCUT2D eigenvalue weighted by Crippen LogP contribution is -2.32. The predicted octanol–water partition coefficient (Wildman–Crippen LogP) is 6.66. The van der Waals surface area contributed by atoms with Crippen LogP contribution in [-0.2, 0) is 25.9 Å². The molecule has 0 aromatic carbocycles. The van der Waals surface area contributed by atoms with Crippen molar-refractivity contribution in [3.63, 3.8) is 0 Å². The predicted molar refractivity (Wildman–Crippen MR) is 213 cm³/mol. The van der Waals surface area contributed by atoms with E-state index in [-0.39, 0.29) is 0 Å². The summed E-state index contributed by atoms with van der Waals surface area (Å²) in [6.45, 7) is 3.52. The van der Waals surface area contributed by atoms with Crippen molar-refractivity contribution >= 4 is 52.5 Å². The third-order valence-corrected chi connectivity index (χ3v) is 9.97. The first kappa shape index (κ1) is 36.8. The molecule has 6 aromatic heterocycles. The number of fused-ring (bicyclic) bond motifs is 2. The van der Waals surface area contributed by atoms with Crippen LogP contribution in [0.4, 0.5) is 17.7 Å². The van der Waals surface area contributed by atoms with Crippen LogP contribution in [0.25, 0.3) is 22.8 Å². The second-order valence-electron chi connectivity index (χ2n) is 13.4. The topological polar surface area (TPSA) is 168 Å². The van der Waals surface area contributed by atoms with Crippen molar-refractivity contribution in [1.29, 1.82) is 0 Å². The van der Waals surface area contributed by atoms with Crippen molar-refractivity contribution in [2.45, 2.75) is 63.7 Å². The van der Waals surface area contributed by atoms with E-state index < -0.39 is 0 Å². The fourth-order valence-corrected chi connectivity index (χ4v) is 6.47. The molecule has 0 amide bonds. The summed E-state index contributed by atoms with van der Waals surface area (Å²) in [5, 5.41) is 11.4. The van der Waals surface area contributed by atoms with E-state index >= 15 is 0 Å². The number of nitrogens with one attached hydrogen (secondary N) is 3. The van der Waals surface area contributed by atoms with Crippen LogP contribution < -0.4 is 20.9 Å². The molecule has 0 bridgehead atoms. The lowest BCUT2D eigenvalue weighted by atomic mass is 10.1. The minimum Gasteiger partial charge on any atom is -0.352 e. The number of hydrogen-bond donors (Lipinski definition) is 3. The molecule has 0 spiro atoms. The second-order valence-corrected chi connectivity index (χ2v) is 14.6. The molecule has 17 heteroatoms. The Hall–Kier alpha value is -5.15. The summed E-state index contributed by atoms with van der Waals surface area (Å²) in [5.74, 6) is 3.56. The van der Waals surface area contributed by atoms with Gasteiger partial charge in [-0.1, -0.05) is 34.8 Å². The molecule has 6 aromatic rings. The van der Waals surface area contributed by atoms with Gasteiger partial charge in [0.05, 0.1) is 21.4 Å². The average Bonchev–Trinajstić information content (AvgIpc) is 4.18. The lowest BCUT2D eigenvalue weighted by Gasteiger charge is -2.29. The molecule has 0 saturated heterocycles. The summed E-state index contributed by atoms with van der Waals surface area (Å²) < 4.78 is 0. The van der Waals surface area contributed by atoms with E-state index in [2.05, 4.69) is 65.7 Å². The second kappa shape index (κ2) is 17.1. The van der Waals surface area contributed by atoms with Crippen LogP contribution >= 0.6 is 34.8 Å². The molecular formula is C38H37Cl3N14. The highest BCUT2D eigenvalue weighted by Gasteiger charge is 2.25. The van der Waals surface area contributed by atoms with Gasteiger partial charge in [0.2, 0.25) is 11.9 Å². The zero-order valence-electron chi connectivity index (χ0n) is 29.7. The SMILES string of the molecule is Clc1cc(-c2ncccn2)c(Cl)cn1.Clc1cnc(N2CCc3nc(NC4CC4)ncc3C2)cc1-c1ncccn1.c1nc(NC2CC2)nc2c1CNCC2. The molecule has 0 atom stereocenters. The minimum atomic E-state index is 0.372. The lowest BCUT2D eigenvalue weighted by molar-refractivity contribution is 0.626. The van der Waals surface area contributed by atoms with Gasteiger partial charge in [-0.3, -0.25) is 0 Å². The third kappa shape index (κ3) is 9.75. The van der Waals surface area contributed by atoms with Crippen molar-refractivity contribution in [2.75, 3.05) is 28.6 Å². The number of hydrogen-bond acceptors (Lipinski definition) is 14. The normalized spacial score (nSPS) is 15.7. The Morgan fingerprint density at radius 2 is 1.18 bits per heavy atom. The number of halogens is 3. The van der Waals surface area contributed by atoms with Crippen LogP contribution in [0.3, 0.4) is 0 Å². The van der Waals surface area contributed by atoms with E-state index in [1.54, 1.807) is 49.2 Å². The molecule has 55 heavy (non-hydrogen) atoms. The zero-order chi connectivity index (χ0) is 37.6. The van der Waals surface area contributed by atoms with Gasteiger partial charge in [-0.2, -0.15) is 0 Å². The molecular weight excluding hydrogens is 759 g/mol. The fourth-order valence-electron chi connectivity index (χ4n) is 5.94. The molecule has 2 saturated carbocycles. The van der Waals surface area contributed by atoms with Gasteiger partial charge in [0, 0.05) is 123 Å². The quantitative estimate of drug-likeness (QED) is 0.147.